The fraction of sp³-hybridized carbons (Fsp3) is 0.333. The van der Waals surface area contributed by atoms with Gasteiger partial charge in [0.2, 0.25) is 0 Å². The first-order valence-corrected chi connectivity index (χ1v) is 10.3. The summed E-state index contributed by atoms with van der Waals surface area (Å²) < 4.78 is 6.77. The van der Waals surface area contributed by atoms with Gasteiger partial charge in [0.25, 0.3) is 5.91 Å². The van der Waals surface area contributed by atoms with Gasteiger partial charge in [-0.3, -0.25) is 9.69 Å². The number of benzene rings is 2. The first kappa shape index (κ1) is 18.4. The molecule has 0 spiro atoms. The minimum atomic E-state index is -0.0394. The topological polar surface area (TPSA) is 42.4 Å². The lowest BCUT2D eigenvalue weighted by Crippen LogP contribution is -2.37. The van der Waals surface area contributed by atoms with Crippen LogP contribution in [0, 0.1) is 13.8 Å². The molecule has 0 saturated carbocycles. The zero-order valence-electron chi connectivity index (χ0n) is 15.4. The molecular formula is C21H21ClN2O2S. The molecule has 1 aliphatic heterocycles. The Bertz CT molecular complexity index is 975. The van der Waals surface area contributed by atoms with Crippen LogP contribution < -0.4 is 4.90 Å². The summed E-state index contributed by atoms with van der Waals surface area (Å²) in [4.78, 5) is 19.9. The highest BCUT2D eigenvalue weighted by Crippen LogP contribution is 2.32. The molecule has 0 radical (unpaired) electrons. The zero-order valence-corrected chi connectivity index (χ0v) is 16.9. The number of amides is 1. The quantitative estimate of drug-likeness (QED) is 0.589. The van der Waals surface area contributed by atoms with Gasteiger partial charge in [-0.05, 0) is 57.0 Å². The molecule has 3 aromatic rings. The number of nitrogens with zero attached hydrogens (tertiary/aromatic N) is 2. The second kappa shape index (κ2) is 7.58. The van der Waals surface area contributed by atoms with Crippen molar-refractivity contribution < 1.29 is 9.53 Å². The number of aryl methyl sites for hydroxylation is 2. The van der Waals surface area contributed by atoms with Crippen molar-refractivity contribution in [2.45, 2.75) is 32.8 Å². The highest BCUT2D eigenvalue weighted by atomic mass is 35.5. The second-order valence-electron chi connectivity index (χ2n) is 7.04. The van der Waals surface area contributed by atoms with Crippen LogP contribution in [-0.4, -0.2) is 30.1 Å². The van der Waals surface area contributed by atoms with Crippen LogP contribution in [0.3, 0.4) is 0 Å². The van der Waals surface area contributed by atoms with Crippen LogP contribution in [0.15, 0.2) is 36.4 Å². The molecule has 27 heavy (non-hydrogen) atoms. The van der Waals surface area contributed by atoms with Crippen LogP contribution in [-0.2, 0) is 4.74 Å². The van der Waals surface area contributed by atoms with E-state index in [9.17, 15) is 4.79 Å². The Hall–Kier alpha value is -1.95. The summed E-state index contributed by atoms with van der Waals surface area (Å²) in [6.07, 6.45) is 2.05. The average molecular weight is 401 g/mol. The lowest BCUT2D eigenvalue weighted by atomic mass is 10.1. The van der Waals surface area contributed by atoms with Crippen LogP contribution in [0.2, 0.25) is 5.02 Å². The number of rotatable bonds is 4. The van der Waals surface area contributed by atoms with E-state index in [4.69, 9.17) is 21.3 Å². The lowest BCUT2D eigenvalue weighted by molar-refractivity contribution is 0.0917. The smallest absolute Gasteiger partial charge is 0.260 e. The van der Waals surface area contributed by atoms with Crippen LogP contribution in [0.25, 0.3) is 10.2 Å². The van der Waals surface area contributed by atoms with E-state index >= 15 is 0 Å². The number of anilines is 1. The van der Waals surface area contributed by atoms with Crippen molar-refractivity contribution in [2.24, 2.45) is 0 Å². The van der Waals surface area contributed by atoms with Gasteiger partial charge in [0, 0.05) is 17.2 Å². The maximum absolute atomic E-state index is 13.4. The van der Waals surface area contributed by atoms with Gasteiger partial charge in [-0.25, -0.2) is 4.98 Å². The van der Waals surface area contributed by atoms with Crippen molar-refractivity contribution in [3.05, 3.63) is 58.1 Å². The Kier molecular flexibility index (Phi) is 5.17. The van der Waals surface area contributed by atoms with Gasteiger partial charge in [-0.2, -0.15) is 0 Å². The summed E-state index contributed by atoms with van der Waals surface area (Å²) in [5.41, 5.74) is 3.69. The normalized spacial score (nSPS) is 16.8. The molecule has 2 heterocycles. The fourth-order valence-electron chi connectivity index (χ4n) is 3.50. The van der Waals surface area contributed by atoms with Gasteiger partial charge in [0.05, 0.1) is 22.9 Å². The van der Waals surface area contributed by atoms with Gasteiger partial charge < -0.3 is 4.74 Å². The van der Waals surface area contributed by atoms with Crippen LogP contribution >= 0.6 is 22.9 Å². The van der Waals surface area contributed by atoms with Gasteiger partial charge in [0.1, 0.15) is 0 Å². The number of carbonyl (C=O) groups is 1. The van der Waals surface area contributed by atoms with Crippen LogP contribution in [0.4, 0.5) is 5.13 Å². The first-order valence-electron chi connectivity index (χ1n) is 9.07. The molecule has 0 aliphatic carbocycles. The molecule has 4 rings (SSSR count). The highest BCUT2D eigenvalue weighted by Gasteiger charge is 2.27. The van der Waals surface area contributed by atoms with Crippen LogP contribution in [0.1, 0.15) is 34.3 Å². The van der Waals surface area contributed by atoms with Crippen molar-refractivity contribution in [3.63, 3.8) is 0 Å². The van der Waals surface area contributed by atoms with E-state index in [1.54, 1.807) is 4.90 Å². The van der Waals surface area contributed by atoms with Gasteiger partial charge in [-0.15, -0.1) is 0 Å². The van der Waals surface area contributed by atoms with E-state index in [1.807, 2.05) is 44.2 Å². The molecule has 1 aromatic heterocycles. The molecule has 1 unspecified atom stereocenters. The van der Waals surface area contributed by atoms with E-state index in [2.05, 4.69) is 6.07 Å². The third kappa shape index (κ3) is 4.00. The third-order valence-electron chi connectivity index (χ3n) is 4.69. The van der Waals surface area contributed by atoms with E-state index in [0.29, 0.717) is 22.3 Å². The molecule has 140 valence electrons. The zero-order chi connectivity index (χ0) is 19.0. The average Bonchev–Trinajstić information content (AvgIpc) is 3.27. The number of carbonyl (C=O) groups excluding carboxylic acids is 1. The number of ether oxygens (including phenoxy) is 1. The predicted molar refractivity (Wildman–Crippen MR) is 111 cm³/mol. The first-order chi connectivity index (χ1) is 13.0. The molecule has 0 bridgehead atoms. The molecule has 1 aliphatic rings. The maximum Gasteiger partial charge on any atom is 0.260 e. The molecule has 1 amide bonds. The van der Waals surface area contributed by atoms with E-state index in [-0.39, 0.29) is 12.0 Å². The third-order valence-corrected chi connectivity index (χ3v) is 5.97. The molecule has 1 fully saturated rings. The molecule has 0 N–H and O–H groups in total. The summed E-state index contributed by atoms with van der Waals surface area (Å²) in [5, 5.41) is 1.36. The lowest BCUT2D eigenvalue weighted by Gasteiger charge is -2.23. The second-order valence-corrected chi connectivity index (χ2v) is 8.48. The number of aromatic nitrogens is 1. The Morgan fingerprint density at radius 1 is 1.26 bits per heavy atom. The van der Waals surface area contributed by atoms with Crippen molar-refractivity contribution in [3.8, 4) is 0 Å². The number of fused-ring (bicyclic) bond motifs is 1. The van der Waals surface area contributed by atoms with E-state index in [1.165, 1.54) is 11.3 Å². The molecule has 6 heteroatoms. The monoisotopic (exact) mass is 400 g/mol. The summed E-state index contributed by atoms with van der Waals surface area (Å²) in [6.45, 7) is 5.28. The van der Waals surface area contributed by atoms with Gasteiger partial charge in [0.15, 0.2) is 5.13 Å². The van der Waals surface area contributed by atoms with Crippen molar-refractivity contribution in [1.29, 1.82) is 0 Å². The minimum absolute atomic E-state index is 0.0394. The summed E-state index contributed by atoms with van der Waals surface area (Å²) in [6, 6.07) is 11.5. The van der Waals surface area contributed by atoms with Gasteiger partial charge in [-0.1, -0.05) is 40.1 Å². The number of thiazole rings is 1. The highest BCUT2D eigenvalue weighted by molar-refractivity contribution is 7.22. The number of halogens is 1. The Morgan fingerprint density at radius 3 is 2.74 bits per heavy atom. The van der Waals surface area contributed by atoms with Crippen molar-refractivity contribution >= 4 is 44.2 Å². The standard InChI is InChI=1S/C21H21ClN2O2S/c1-13-8-14(2)10-15(9-13)20(25)24(12-17-4-3-7-26-17)21-23-18-6-5-16(22)11-19(18)27-21/h5-6,8-11,17H,3-4,7,12H2,1-2H3. The molecule has 4 nitrogen and oxygen atoms in total. The number of hydrogen-bond acceptors (Lipinski definition) is 4. The maximum atomic E-state index is 13.4. The van der Waals surface area contributed by atoms with Crippen molar-refractivity contribution in [1.82, 2.24) is 4.98 Å². The Morgan fingerprint density at radius 2 is 2.04 bits per heavy atom. The fourth-order valence-corrected chi connectivity index (χ4v) is 4.74. The van der Waals surface area contributed by atoms with E-state index < -0.39 is 0 Å². The summed E-state index contributed by atoms with van der Waals surface area (Å²) >= 11 is 7.60. The summed E-state index contributed by atoms with van der Waals surface area (Å²) in [7, 11) is 0. The Labute approximate surface area is 167 Å². The summed E-state index contributed by atoms with van der Waals surface area (Å²) in [5.74, 6) is -0.0394. The largest absolute Gasteiger partial charge is 0.376 e. The number of hydrogen-bond donors (Lipinski definition) is 0. The van der Waals surface area contributed by atoms with E-state index in [0.717, 1.165) is 40.8 Å². The SMILES string of the molecule is Cc1cc(C)cc(C(=O)N(CC2CCCO2)c2nc3ccc(Cl)cc3s2)c1. The minimum Gasteiger partial charge on any atom is -0.376 e. The molecule has 1 atom stereocenters. The van der Waals surface area contributed by atoms with Crippen molar-refractivity contribution in [2.75, 3.05) is 18.1 Å². The molecule has 1 saturated heterocycles. The van der Waals surface area contributed by atoms with Gasteiger partial charge >= 0.3 is 0 Å². The predicted octanol–water partition coefficient (Wildman–Crippen LogP) is 5.39. The Balaban J connectivity index is 1.73. The molecular weight excluding hydrogens is 380 g/mol. The molecule has 2 aromatic carbocycles. The van der Waals surface area contributed by atoms with Crippen LogP contribution in [0.5, 0.6) is 0 Å².